The molecule has 0 spiro atoms. The third kappa shape index (κ3) is 3.14. The molecule has 9 nitrogen and oxygen atoms in total. The molecule has 138 valence electrons. The number of aromatic nitrogens is 2. The van der Waals surface area contributed by atoms with Gasteiger partial charge in [-0.2, -0.15) is 0 Å². The van der Waals surface area contributed by atoms with Gasteiger partial charge in [0.25, 0.3) is 0 Å². The Morgan fingerprint density at radius 1 is 1.37 bits per heavy atom. The maximum atomic E-state index is 12.5. The van der Waals surface area contributed by atoms with Crippen molar-refractivity contribution in [3.63, 3.8) is 0 Å². The van der Waals surface area contributed by atoms with E-state index >= 15 is 0 Å². The van der Waals surface area contributed by atoms with Crippen LogP contribution in [0.25, 0.3) is 5.65 Å². The summed E-state index contributed by atoms with van der Waals surface area (Å²) in [5.41, 5.74) is -0.0664. The Morgan fingerprint density at radius 2 is 2.22 bits per heavy atom. The van der Waals surface area contributed by atoms with E-state index < -0.39 is 16.2 Å². The molecule has 1 aliphatic heterocycles. The number of nitrogens with zero attached hydrogens (tertiary/aromatic N) is 4. The first-order valence-electron chi connectivity index (χ1n) is 8.27. The van der Waals surface area contributed by atoms with Crippen LogP contribution < -0.4 is 10.9 Å². The summed E-state index contributed by atoms with van der Waals surface area (Å²) >= 11 is 1.68. The van der Waals surface area contributed by atoms with Crippen molar-refractivity contribution in [3.05, 3.63) is 66.8 Å². The molecule has 0 radical (unpaired) electrons. The molecule has 10 heteroatoms. The molecule has 3 aromatic heterocycles. The normalized spacial score (nSPS) is 13.4. The molecule has 0 aromatic carbocycles. The van der Waals surface area contributed by atoms with Gasteiger partial charge in [0.2, 0.25) is 11.7 Å². The summed E-state index contributed by atoms with van der Waals surface area (Å²) in [6.07, 6.45) is 2.22. The van der Waals surface area contributed by atoms with E-state index in [0.29, 0.717) is 13.1 Å². The number of hydrogen-bond donors (Lipinski definition) is 1. The minimum atomic E-state index is -0.790. The van der Waals surface area contributed by atoms with Crippen LogP contribution in [0.15, 0.2) is 40.6 Å². The van der Waals surface area contributed by atoms with E-state index in [1.807, 2.05) is 11.4 Å². The van der Waals surface area contributed by atoms with E-state index in [0.717, 1.165) is 16.4 Å². The number of nitrogens with one attached hydrogen (secondary N) is 1. The number of thiophene rings is 1. The molecule has 0 fully saturated rings. The second kappa shape index (κ2) is 6.80. The first kappa shape index (κ1) is 17.2. The Kier molecular flexibility index (Phi) is 4.32. The molecule has 0 saturated heterocycles. The van der Waals surface area contributed by atoms with Crippen LogP contribution in [0, 0.1) is 10.1 Å². The number of pyridine rings is 1. The Hall–Kier alpha value is -3.27. The number of hydrogen-bond acceptors (Lipinski definition) is 7. The lowest BCUT2D eigenvalue weighted by Gasteiger charge is -2.27. The van der Waals surface area contributed by atoms with Gasteiger partial charge < -0.3 is 10.2 Å². The highest BCUT2D eigenvalue weighted by Crippen LogP contribution is 2.24. The van der Waals surface area contributed by atoms with Gasteiger partial charge in [-0.05, 0) is 35.6 Å². The van der Waals surface area contributed by atoms with E-state index in [-0.39, 0.29) is 23.9 Å². The van der Waals surface area contributed by atoms with Crippen LogP contribution in [0.2, 0.25) is 0 Å². The summed E-state index contributed by atoms with van der Waals surface area (Å²) in [4.78, 5) is 42.6. The Balaban J connectivity index is 1.57. The van der Waals surface area contributed by atoms with Crippen molar-refractivity contribution < 1.29 is 9.72 Å². The number of carbonyl (C=O) groups is 1. The summed E-state index contributed by atoms with van der Waals surface area (Å²) in [5.74, 6) is -0.394. The third-order valence-electron chi connectivity index (χ3n) is 4.46. The molecule has 4 rings (SSSR count). The second-order valence-electron chi connectivity index (χ2n) is 6.09. The molecule has 0 bridgehead atoms. The Morgan fingerprint density at radius 3 is 3.04 bits per heavy atom. The van der Waals surface area contributed by atoms with Crippen LogP contribution in [0.5, 0.6) is 0 Å². The molecule has 3 aromatic rings. The highest BCUT2D eigenvalue weighted by Gasteiger charge is 2.25. The van der Waals surface area contributed by atoms with Crippen molar-refractivity contribution in [2.45, 2.75) is 13.0 Å². The largest absolute Gasteiger partial charge is 0.376 e. The Bertz CT molecular complexity index is 1110. The average Bonchev–Trinajstić information content (AvgIpc) is 3.13. The molecule has 0 aliphatic carbocycles. The van der Waals surface area contributed by atoms with E-state index in [9.17, 15) is 19.7 Å². The van der Waals surface area contributed by atoms with E-state index in [2.05, 4.69) is 10.3 Å². The van der Waals surface area contributed by atoms with Gasteiger partial charge in [0.1, 0.15) is 5.65 Å². The molecule has 4 heterocycles. The summed E-state index contributed by atoms with van der Waals surface area (Å²) in [7, 11) is 0. The van der Waals surface area contributed by atoms with Crippen LogP contribution in [-0.4, -0.2) is 38.2 Å². The number of nitro groups is 1. The molecule has 0 unspecified atom stereocenters. The predicted molar refractivity (Wildman–Crippen MR) is 100 cm³/mol. The average molecular weight is 385 g/mol. The van der Waals surface area contributed by atoms with Crippen molar-refractivity contribution in [1.82, 2.24) is 14.3 Å². The summed E-state index contributed by atoms with van der Waals surface area (Å²) in [6, 6.07) is 6.84. The van der Waals surface area contributed by atoms with Gasteiger partial charge in [-0.1, -0.05) is 6.07 Å². The lowest BCUT2D eigenvalue weighted by molar-refractivity contribution is -0.385. The van der Waals surface area contributed by atoms with Gasteiger partial charge >= 0.3 is 11.2 Å². The van der Waals surface area contributed by atoms with Gasteiger partial charge in [-0.3, -0.25) is 24.1 Å². The van der Waals surface area contributed by atoms with Crippen molar-refractivity contribution in [1.29, 1.82) is 0 Å². The van der Waals surface area contributed by atoms with Crippen molar-refractivity contribution in [3.8, 4) is 0 Å². The topological polar surface area (TPSA) is 110 Å². The first-order valence-corrected chi connectivity index (χ1v) is 9.15. The van der Waals surface area contributed by atoms with Crippen LogP contribution >= 0.6 is 11.3 Å². The van der Waals surface area contributed by atoms with Crippen LogP contribution in [0.3, 0.4) is 0 Å². The molecule has 1 N–H and O–H groups in total. The lowest BCUT2D eigenvalue weighted by Crippen LogP contribution is -2.39. The van der Waals surface area contributed by atoms with Gasteiger partial charge in [0.05, 0.1) is 11.5 Å². The van der Waals surface area contributed by atoms with Crippen LogP contribution in [-0.2, 0) is 17.8 Å². The summed E-state index contributed by atoms with van der Waals surface area (Å²) < 4.78 is 1.11. The molecular weight excluding hydrogens is 370 g/mol. The third-order valence-corrected chi connectivity index (χ3v) is 5.48. The number of anilines is 1. The number of amides is 1. The quantitative estimate of drug-likeness (QED) is 0.540. The SMILES string of the molecule is O=C(CNc1nc2ccccn2c(=O)c1[N+](=O)[O-])N1CCc2sccc2C1. The van der Waals surface area contributed by atoms with E-state index in [1.54, 1.807) is 34.4 Å². The van der Waals surface area contributed by atoms with E-state index in [4.69, 9.17) is 0 Å². The van der Waals surface area contributed by atoms with Crippen LogP contribution in [0.4, 0.5) is 11.5 Å². The number of carbonyl (C=O) groups excluding carboxylic acids is 1. The van der Waals surface area contributed by atoms with Gasteiger partial charge in [-0.25, -0.2) is 4.98 Å². The monoisotopic (exact) mass is 385 g/mol. The minimum absolute atomic E-state index is 0.171. The summed E-state index contributed by atoms with van der Waals surface area (Å²) in [6.45, 7) is 0.953. The molecule has 27 heavy (non-hydrogen) atoms. The smallest absolute Gasteiger partial charge is 0.355 e. The van der Waals surface area contributed by atoms with E-state index in [1.165, 1.54) is 11.1 Å². The zero-order valence-electron chi connectivity index (χ0n) is 14.1. The molecule has 0 atom stereocenters. The number of fused-ring (bicyclic) bond motifs is 2. The highest BCUT2D eigenvalue weighted by atomic mass is 32.1. The highest BCUT2D eigenvalue weighted by molar-refractivity contribution is 7.10. The maximum absolute atomic E-state index is 12.5. The fraction of sp³-hybridized carbons (Fsp3) is 0.235. The molecule has 1 aliphatic rings. The standard InChI is InChI=1S/C17H15N5O4S/c23-14(20-7-4-12-11(10-20)5-8-27-12)9-18-16-15(22(25)26)17(24)21-6-2-1-3-13(21)19-16/h1-3,5-6,8,18H,4,7,9-10H2. The number of rotatable bonds is 4. The van der Waals surface area contributed by atoms with Gasteiger partial charge in [0.15, 0.2) is 0 Å². The zero-order chi connectivity index (χ0) is 19.0. The van der Waals surface area contributed by atoms with Crippen molar-refractivity contribution >= 4 is 34.4 Å². The minimum Gasteiger partial charge on any atom is -0.355 e. The Labute approximate surface area is 157 Å². The van der Waals surface area contributed by atoms with Gasteiger partial charge in [0, 0.05) is 24.2 Å². The maximum Gasteiger partial charge on any atom is 0.376 e. The fourth-order valence-electron chi connectivity index (χ4n) is 3.10. The van der Waals surface area contributed by atoms with Gasteiger partial charge in [-0.15, -0.1) is 11.3 Å². The molecule has 1 amide bonds. The van der Waals surface area contributed by atoms with Crippen molar-refractivity contribution in [2.75, 3.05) is 18.4 Å². The molecule has 0 saturated carbocycles. The first-order chi connectivity index (χ1) is 13.0. The molecular formula is C17H15N5O4S. The predicted octanol–water partition coefficient (Wildman–Crippen LogP) is 1.66. The second-order valence-corrected chi connectivity index (χ2v) is 7.09. The van der Waals surface area contributed by atoms with Crippen LogP contribution in [0.1, 0.15) is 10.4 Å². The zero-order valence-corrected chi connectivity index (χ0v) is 14.9. The summed E-state index contributed by atoms with van der Waals surface area (Å²) in [5, 5.41) is 16.1. The van der Waals surface area contributed by atoms with Crippen molar-refractivity contribution in [2.24, 2.45) is 0 Å². The fourth-order valence-corrected chi connectivity index (χ4v) is 3.99. The lowest BCUT2D eigenvalue weighted by atomic mass is 10.1.